The van der Waals surface area contributed by atoms with Crippen LogP contribution in [0.1, 0.15) is 15.9 Å². The Labute approximate surface area is 132 Å². The Balaban J connectivity index is 2.05. The standard InChI is InChI=1S/C17H12ClN3O/c18-15-8-6-13(7-9-15)10-16(21-12-19-11-20-21)17(22)14-4-2-1-3-5-14/h1-12H. The first kappa shape index (κ1) is 14.2. The summed E-state index contributed by atoms with van der Waals surface area (Å²) in [7, 11) is 0. The van der Waals surface area contributed by atoms with Crippen molar-refractivity contribution in [3.63, 3.8) is 0 Å². The number of halogens is 1. The number of nitrogens with zero attached hydrogens (tertiary/aromatic N) is 3. The highest BCUT2D eigenvalue weighted by Crippen LogP contribution is 2.18. The molecule has 0 bridgehead atoms. The molecule has 3 aromatic rings. The molecule has 0 unspecified atom stereocenters. The summed E-state index contributed by atoms with van der Waals surface area (Å²) in [5, 5.41) is 4.71. The molecule has 0 fully saturated rings. The fourth-order valence-electron chi connectivity index (χ4n) is 2.02. The molecule has 2 aromatic carbocycles. The van der Waals surface area contributed by atoms with Gasteiger partial charge in [-0.05, 0) is 23.8 Å². The van der Waals surface area contributed by atoms with E-state index in [9.17, 15) is 4.79 Å². The van der Waals surface area contributed by atoms with Crippen LogP contribution in [0.4, 0.5) is 0 Å². The van der Waals surface area contributed by atoms with E-state index in [2.05, 4.69) is 10.1 Å². The van der Waals surface area contributed by atoms with Crippen molar-refractivity contribution in [3.05, 3.63) is 83.4 Å². The molecule has 0 N–H and O–H groups in total. The van der Waals surface area contributed by atoms with Crippen LogP contribution in [0.2, 0.25) is 5.02 Å². The number of benzene rings is 2. The molecule has 0 aliphatic rings. The lowest BCUT2D eigenvalue weighted by atomic mass is 10.1. The van der Waals surface area contributed by atoms with Crippen molar-refractivity contribution < 1.29 is 4.79 Å². The fraction of sp³-hybridized carbons (Fsp3) is 0. The van der Waals surface area contributed by atoms with E-state index in [1.807, 2.05) is 30.3 Å². The van der Waals surface area contributed by atoms with Gasteiger partial charge in [0.15, 0.2) is 0 Å². The molecule has 0 amide bonds. The van der Waals surface area contributed by atoms with Crippen LogP contribution in [-0.4, -0.2) is 20.5 Å². The van der Waals surface area contributed by atoms with Crippen LogP contribution < -0.4 is 0 Å². The van der Waals surface area contributed by atoms with Gasteiger partial charge in [0.05, 0.1) is 0 Å². The van der Waals surface area contributed by atoms with Gasteiger partial charge < -0.3 is 0 Å². The van der Waals surface area contributed by atoms with E-state index >= 15 is 0 Å². The van der Waals surface area contributed by atoms with Crippen molar-refractivity contribution in [2.75, 3.05) is 0 Å². The molecule has 0 spiro atoms. The van der Waals surface area contributed by atoms with Gasteiger partial charge >= 0.3 is 0 Å². The molecule has 0 radical (unpaired) electrons. The minimum Gasteiger partial charge on any atom is -0.287 e. The molecule has 0 saturated heterocycles. The van der Waals surface area contributed by atoms with Crippen molar-refractivity contribution in [3.8, 4) is 0 Å². The van der Waals surface area contributed by atoms with Crippen LogP contribution in [0.5, 0.6) is 0 Å². The molecule has 1 heterocycles. The van der Waals surface area contributed by atoms with Crippen molar-refractivity contribution in [2.24, 2.45) is 0 Å². The Kier molecular flexibility index (Phi) is 4.12. The highest BCUT2D eigenvalue weighted by Gasteiger charge is 2.14. The number of hydrogen-bond donors (Lipinski definition) is 0. The number of carbonyl (C=O) groups is 1. The largest absolute Gasteiger partial charge is 0.287 e. The molecule has 5 heteroatoms. The van der Waals surface area contributed by atoms with Gasteiger partial charge in [-0.2, -0.15) is 5.10 Å². The van der Waals surface area contributed by atoms with Gasteiger partial charge in [0.25, 0.3) is 0 Å². The Morgan fingerprint density at radius 1 is 1.05 bits per heavy atom. The lowest BCUT2D eigenvalue weighted by Gasteiger charge is -2.07. The van der Waals surface area contributed by atoms with Gasteiger partial charge in [0.2, 0.25) is 5.78 Å². The summed E-state index contributed by atoms with van der Waals surface area (Å²) in [6, 6.07) is 16.3. The van der Waals surface area contributed by atoms with Gasteiger partial charge in [-0.3, -0.25) is 4.79 Å². The maximum atomic E-state index is 12.7. The summed E-state index contributed by atoms with van der Waals surface area (Å²) in [4.78, 5) is 16.6. The zero-order valence-corrected chi connectivity index (χ0v) is 12.3. The van der Waals surface area contributed by atoms with Crippen LogP contribution in [0.15, 0.2) is 67.3 Å². The van der Waals surface area contributed by atoms with E-state index in [0.29, 0.717) is 16.3 Å². The molecule has 0 atom stereocenters. The lowest BCUT2D eigenvalue weighted by Crippen LogP contribution is -2.09. The summed E-state index contributed by atoms with van der Waals surface area (Å²) in [6.07, 6.45) is 4.66. The number of Topliss-reactive ketones (excluding diaryl/α,β-unsaturated/α-hetero) is 1. The first-order valence-electron chi connectivity index (χ1n) is 6.66. The lowest BCUT2D eigenvalue weighted by molar-refractivity contribution is 0.105. The second kappa shape index (κ2) is 6.37. The van der Waals surface area contributed by atoms with E-state index < -0.39 is 0 Å². The van der Waals surface area contributed by atoms with Gasteiger partial charge in [0.1, 0.15) is 18.4 Å². The predicted octanol–water partition coefficient (Wildman–Crippen LogP) is 3.81. The SMILES string of the molecule is O=C(C(=Cc1ccc(Cl)cc1)n1cncn1)c1ccccc1. The monoisotopic (exact) mass is 309 g/mol. The smallest absolute Gasteiger partial charge is 0.211 e. The average Bonchev–Trinajstić information content (AvgIpc) is 3.09. The van der Waals surface area contributed by atoms with Crippen LogP contribution in [0.25, 0.3) is 11.8 Å². The third-order valence-electron chi connectivity index (χ3n) is 3.11. The van der Waals surface area contributed by atoms with Gasteiger partial charge in [-0.25, -0.2) is 9.67 Å². The summed E-state index contributed by atoms with van der Waals surface area (Å²) >= 11 is 5.89. The normalized spacial score (nSPS) is 11.4. The highest BCUT2D eigenvalue weighted by atomic mass is 35.5. The number of rotatable bonds is 4. The first-order valence-corrected chi connectivity index (χ1v) is 7.04. The number of ketones is 1. The van der Waals surface area contributed by atoms with Crippen molar-refractivity contribution in [1.29, 1.82) is 0 Å². The summed E-state index contributed by atoms with van der Waals surface area (Å²) in [5.74, 6) is -0.124. The van der Waals surface area contributed by atoms with Crippen LogP contribution in [0, 0.1) is 0 Å². The maximum absolute atomic E-state index is 12.7. The molecule has 108 valence electrons. The summed E-state index contributed by atoms with van der Waals surface area (Å²) < 4.78 is 1.46. The Morgan fingerprint density at radius 2 is 1.77 bits per heavy atom. The van der Waals surface area contributed by atoms with Gasteiger partial charge in [-0.1, -0.05) is 54.1 Å². The second-order valence-corrected chi connectivity index (χ2v) is 5.05. The summed E-state index contributed by atoms with van der Waals surface area (Å²) in [5.41, 5.74) is 1.88. The van der Waals surface area contributed by atoms with E-state index in [1.54, 1.807) is 30.3 Å². The molecule has 0 saturated carbocycles. The molecule has 22 heavy (non-hydrogen) atoms. The van der Waals surface area contributed by atoms with Gasteiger partial charge in [-0.15, -0.1) is 0 Å². The minimum atomic E-state index is -0.124. The average molecular weight is 310 g/mol. The third-order valence-corrected chi connectivity index (χ3v) is 3.36. The number of allylic oxidation sites excluding steroid dienone is 1. The van der Waals surface area contributed by atoms with Crippen LogP contribution >= 0.6 is 11.6 Å². The number of hydrogen-bond acceptors (Lipinski definition) is 3. The Morgan fingerprint density at radius 3 is 2.41 bits per heavy atom. The van der Waals surface area contributed by atoms with E-state index in [-0.39, 0.29) is 5.78 Å². The fourth-order valence-corrected chi connectivity index (χ4v) is 2.15. The minimum absolute atomic E-state index is 0.124. The zero-order valence-electron chi connectivity index (χ0n) is 11.6. The molecular weight excluding hydrogens is 298 g/mol. The quantitative estimate of drug-likeness (QED) is 0.544. The third kappa shape index (κ3) is 3.13. The van der Waals surface area contributed by atoms with Crippen LogP contribution in [-0.2, 0) is 0 Å². The highest BCUT2D eigenvalue weighted by molar-refractivity contribution is 6.30. The van der Waals surface area contributed by atoms with Crippen LogP contribution in [0.3, 0.4) is 0 Å². The van der Waals surface area contributed by atoms with Crippen molar-refractivity contribution in [1.82, 2.24) is 14.8 Å². The topological polar surface area (TPSA) is 47.8 Å². The Hall–Kier alpha value is -2.72. The van der Waals surface area contributed by atoms with E-state index in [0.717, 1.165) is 5.56 Å². The van der Waals surface area contributed by atoms with E-state index in [4.69, 9.17) is 11.6 Å². The second-order valence-electron chi connectivity index (χ2n) is 4.62. The van der Waals surface area contributed by atoms with E-state index in [1.165, 1.54) is 17.3 Å². The molecule has 0 aliphatic carbocycles. The molecular formula is C17H12ClN3O. The maximum Gasteiger partial charge on any atom is 0.211 e. The number of carbonyl (C=O) groups excluding carboxylic acids is 1. The molecule has 4 nitrogen and oxygen atoms in total. The van der Waals surface area contributed by atoms with Gasteiger partial charge in [0, 0.05) is 10.6 Å². The zero-order chi connectivity index (χ0) is 15.4. The Bertz CT molecular complexity index is 794. The summed E-state index contributed by atoms with van der Waals surface area (Å²) in [6.45, 7) is 0. The first-order chi connectivity index (χ1) is 10.7. The molecule has 1 aromatic heterocycles. The van der Waals surface area contributed by atoms with Crippen molar-refractivity contribution >= 4 is 29.2 Å². The number of aromatic nitrogens is 3. The van der Waals surface area contributed by atoms with Crippen molar-refractivity contribution in [2.45, 2.75) is 0 Å². The molecule has 3 rings (SSSR count). The predicted molar refractivity (Wildman–Crippen MR) is 86.4 cm³/mol. The molecule has 0 aliphatic heterocycles.